The summed E-state index contributed by atoms with van der Waals surface area (Å²) in [5.41, 5.74) is 7.45. The SMILES string of the molecule is CN(CCC(F)(F)F)Cc1ccc(CN)cc1Br. The minimum Gasteiger partial charge on any atom is -0.326 e. The molecule has 0 saturated heterocycles. The van der Waals surface area contributed by atoms with Gasteiger partial charge in [-0.05, 0) is 24.2 Å². The van der Waals surface area contributed by atoms with Gasteiger partial charge < -0.3 is 10.6 Å². The first-order valence-electron chi connectivity index (χ1n) is 5.54. The van der Waals surface area contributed by atoms with Crippen LogP contribution >= 0.6 is 15.9 Å². The summed E-state index contributed by atoms with van der Waals surface area (Å²) in [7, 11) is 1.68. The van der Waals surface area contributed by atoms with Crippen LogP contribution in [0.5, 0.6) is 0 Å². The van der Waals surface area contributed by atoms with Crippen LogP contribution in [0, 0.1) is 0 Å². The topological polar surface area (TPSA) is 29.3 Å². The van der Waals surface area contributed by atoms with Gasteiger partial charge >= 0.3 is 6.18 Å². The zero-order valence-electron chi connectivity index (χ0n) is 10.1. The van der Waals surface area contributed by atoms with Crippen molar-refractivity contribution in [2.24, 2.45) is 5.73 Å². The van der Waals surface area contributed by atoms with E-state index in [1.165, 1.54) is 0 Å². The molecule has 0 fully saturated rings. The molecule has 0 radical (unpaired) electrons. The minimum absolute atomic E-state index is 0.00538. The number of halogens is 4. The van der Waals surface area contributed by atoms with Crippen LogP contribution in [0.25, 0.3) is 0 Å². The number of alkyl halides is 3. The molecule has 1 aromatic carbocycles. The molecule has 0 saturated carbocycles. The molecule has 102 valence electrons. The number of nitrogens with two attached hydrogens (primary N) is 1. The number of benzene rings is 1. The van der Waals surface area contributed by atoms with Crippen molar-refractivity contribution in [3.8, 4) is 0 Å². The van der Waals surface area contributed by atoms with Gasteiger partial charge in [-0.25, -0.2) is 0 Å². The Labute approximate surface area is 113 Å². The third kappa shape index (κ3) is 5.37. The molecule has 1 rings (SSSR count). The molecule has 0 aliphatic rings. The van der Waals surface area contributed by atoms with Crippen LogP contribution in [0.2, 0.25) is 0 Å². The van der Waals surface area contributed by atoms with Crippen molar-refractivity contribution in [3.05, 3.63) is 33.8 Å². The Kier molecular flexibility index (Phi) is 5.62. The first-order chi connectivity index (χ1) is 8.31. The van der Waals surface area contributed by atoms with E-state index in [1.54, 1.807) is 11.9 Å². The summed E-state index contributed by atoms with van der Waals surface area (Å²) in [4.78, 5) is 1.65. The second-order valence-corrected chi connectivity index (χ2v) is 5.09. The summed E-state index contributed by atoms with van der Waals surface area (Å²) in [6.07, 6.45) is -4.89. The van der Waals surface area contributed by atoms with E-state index in [4.69, 9.17) is 5.73 Å². The zero-order valence-corrected chi connectivity index (χ0v) is 11.7. The van der Waals surface area contributed by atoms with E-state index in [0.717, 1.165) is 15.6 Å². The van der Waals surface area contributed by atoms with Gasteiger partial charge in [0.1, 0.15) is 0 Å². The van der Waals surface area contributed by atoms with Gasteiger partial charge in [0.15, 0.2) is 0 Å². The van der Waals surface area contributed by atoms with Gasteiger partial charge in [0.05, 0.1) is 6.42 Å². The van der Waals surface area contributed by atoms with Crippen LogP contribution in [0.4, 0.5) is 13.2 Å². The van der Waals surface area contributed by atoms with E-state index >= 15 is 0 Å². The lowest BCUT2D eigenvalue weighted by Crippen LogP contribution is -2.24. The Bertz CT molecular complexity index is 393. The van der Waals surface area contributed by atoms with Crippen molar-refractivity contribution >= 4 is 15.9 Å². The average Bonchev–Trinajstić information content (AvgIpc) is 2.28. The molecule has 1 aromatic rings. The summed E-state index contributed by atoms with van der Waals surface area (Å²) in [5, 5.41) is 0. The Morgan fingerprint density at radius 3 is 2.50 bits per heavy atom. The fraction of sp³-hybridized carbons (Fsp3) is 0.500. The molecular weight excluding hydrogens is 309 g/mol. The molecule has 0 aliphatic carbocycles. The highest BCUT2D eigenvalue weighted by Crippen LogP contribution is 2.22. The van der Waals surface area contributed by atoms with Gasteiger partial charge in [-0.1, -0.05) is 28.1 Å². The third-order valence-corrected chi connectivity index (χ3v) is 3.31. The average molecular weight is 325 g/mol. The summed E-state index contributed by atoms with van der Waals surface area (Å²) in [6.45, 7) is 0.916. The van der Waals surface area contributed by atoms with Crippen molar-refractivity contribution < 1.29 is 13.2 Å². The van der Waals surface area contributed by atoms with Gasteiger partial charge in [0, 0.05) is 24.1 Å². The number of hydrogen-bond acceptors (Lipinski definition) is 2. The molecule has 0 aliphatic heterocycles. The van der Waals surface area contributed by atoms with Crippen LogP contribution in [0.15, 0.2) is 22.7 Å². The second kappa shape index (κ2) is 6.54. The summed E-state index contributed by atoms with van der Waals surface area (Å²) in [6, 6.07) is 5.67. The van der Waals surface area contributed by atoms with Crippen molar-refractivity contribution in [1.82, 2.24) is 4.90 Å². The lowest BCUT2D eigenvalue weighted by atomic mass is 10.1. The van der Waals surface area contributed by atoms with Gasteiger partial charge in [0.25, 0.3) is 0 Å². The van der Waals surface area contributed by atoms with E-state index in [1.807, 2.05) is 18.2 Å². The van der Waals surface area contributed by atoms with Gasteiger partial charge in [0.2, 0.25) is 0 Å². The van der Waals surface area contributed by atoms with Gasteiger partial charge in [-0.15, -0.1) is 0 Å². The summed E-state index contributed by atoms with van der Waals surface area (Å²) in [5.74, 6) is 0. The molecule has 0 aromatic heterocycles. The van der Waals surface area contributed by atoms with Crippen LogP contribution in [-0.4, -0.2) is 24.7 Å². The smallest absolute Gasteiger partial charge is 0.326 e. The fourth-order valence-corrected chi connectivity index (χ4v) is 2.09. The Morgan fingerprint density at radius 2 is 2.00 bits per heavy atom. The monoisotopic (exact) mass is 324 g/mol. The van der Waals surface area contributed by atoms with E-state index in [-0.39, 0.29) is 6.54 Å². The summed E-state index contributed by atoms with van der Waals surface area (Å²) < 4.78 is 37.1. The maximum atomic E-state index is 12.1. The van der Waals surface area contributed by atoms with Gasteiger partial charge in [-0.3, -0.25) is 0 Å². The van der Waals surface area contributed by atoms with Crippen LogP contribution in [0.1, 0.15) is 17.5 Å². The molecule has 6 heteroatoms. The lowest BCUT2D eigenvalue weighted by molar-refractivity contribution is -0.137. The van der Waals surface area contributed by atoms with Crippen LogP contribution in [-0.2, 0) is 13.1 Å². The highest BCUT2D eigenvalue weighted by molar-refractivity contribution is 9.10. The molecule has 0 unspecified atom stereocenters. The van der Waals surface area contributed by atoms with Crippen molar-refractivity contribution in [2.45, 2.75) is 25.7 Å². The quantitative estimate of drug-likeness (QED) is 0.900. The number of rotatable bonds is 5. The van der Waals surface area contributed by atoms with E-state index < -0.39 is 12.6 Å². The van der Waals surface area contributed by atoms with Gasteiger partial charge in [-0.2, -0.15) is 13.2 Å². The Balaban J connectivity index is 2.56. The minimum atomic E-state index is -4.10. The molecule has 0 atom stereocenters. The molecule has 0 heterocycles. The largest absolute Gasteiger partial charge is 0.390 e. The number of nitrogens with zero attached hydrogens (tertiary/aromatic N) is 1. The molecule has 18 heavy (non-hydrogen) atoms. The van der Waals surface area contributed by atoms with Crippen molar-refractivity contribution in [2.75, 3.05) is 13.6 Å². The Morgan fingerprint density at radius 1 is 1.33 bits per heavy atom. The normalized spacial score (nSPS) is 12.2. The van der Waals surface area contributed by atoms with E-state index in [9.17, 15) is 13.2 Å². The highest BCUT2D eigenvalue weighted by Gasteiger charge is 2.27. The predicted molar refractivity (Wildman–Crippen MR) is 69.0 cm³/mol. The molecule has 0 bridgehead atoms. The molecular formula is C12H16BrF3N2. The van der Waals surface area contributed by atoms with Crippen LogP contribution in [0.3, 0.4) is 0 Å². The molecule has 0 spiro atoms. The highest BCUT2D eigenvalue weighted by atomic mass is 79.9. The predicted octanol–water partition coefficient (Wildman–Crippen LogP) is 3.29. The standard InChI is InChI=1S/C12H16BrF3N2/c1-18(5-4-12(14,15)16)8-10-3-2-9(7-17)6-11(10)13/h2-3,6H,4-5,7-8,17H2,1H3. The van der Waals surface area contributed by atoms with Crippen LogP contribution < -0.4 is 5.73 Å². The maximum Gasteiger partial charge on any atom is 0.390 e. The third-order valence-electron chi connectivity index (χ3n) is 2.57. The first-order valence-corrected chi connectivity index (χ1v) is 6.34. The molecule has 0 amide bonds. The molecule has 2 N–H and O–H groups in total. The number of hydrogen-bond donors (Lipinski definition) is 1. The van der Waals surface area contributed by atoms with Crippen molar-refractivity contribution in [3.63, 3.8) is 0 Å². The van der Waals surface area contributed by atoms with E-state index in [2.05, 4.69) is 15.9 Å². The van der Waals surface area contributed by atoms with E-state index in [0.29, 0.717) is 13.1 Å². The Hall–Kier alpha value is -0.590. The lowest BCUT2D eigenvalue weighted by Gasteiger charge is -2.18. The first kappa shape index (κ1) is 15.5. The second-order valence-electron chi connectivity index (χ2n) is 4.23. The fourth-order valence-electron chi connectivity index (χ4n) is 1.53. The zero-order chi connectivity index (χ0) is 13.8. The molecule has 2 nitrogen and oxygen atoms in total. The maximum absolute atomic E-state index is 12.1. The van der Waals surface area contributed by atoms with Crippen molar-refractivity contribution in [1.29, 1.82) is 0 Å². The summed E-state index contributed by atoms with van der Waals surface area (Å²) >= 11 is 3.40.